The van der Waals surface area contributed by atoms with Gasteiger partial charge in [0.2, 0.25) is 5.91 Å². The van der Waals surface area contributed by atoms with Crippen molar-refractivity contribution in [3.05, 3.63) is 65.9 Å². The number of rotatable bonds is 6. The molecule has 0 bridgehead atoms. The van der Waals surface area contributed by atoms with Crippen LogP contribution in [0.4, 0.5) is 0 Å². The van der Waals surface area contributed by atoms with E-state index in [1.54, 1.807) is 47.0 Å². The van der Waals surface area contributed by atoms with E-state index in [1.165, 1.54) is 7.11 Å². The van der Waals surface area contributed by atoms with Gasteiger partial charge in [-0.2, -0.15) is 0 Å². The van der Waals surface area contributed by atoms with Crippen LogP contribution >= 0.6 is 0 Å². The van der Waals surface area contributed by atoms with Crippen LogP contribution in [-0.2, 0) is 25.9 Å². The second-order valence-electron chi connectivity index (χ2n) is 7.20. The first-order valence-electron chi connectivity index (χ1n) is 9.35. The summed E-state index contributed by atoms with van der Waals surface area (Å²) in [7, 11) is -0.250. The molecule has 0 saturated heterocycles. The largest absolute Gasteiger partial charge is 0.465 e. The molecule has 3 rings (SSSR count). The van der Waals surface area contributed by atoms with Gasteiger partial charge in [0.05, 0.1) is 23.6 Å². The summed E-state index contributed by atoms with van der Waals surface area (Å²) < 4.78 is 29.9. The summed E-state index contributed by atoms with van der Waals surface area (Å²) in [5.74, 6) is -0.600. The molecule has 158 valence electrons. The van der Waals surface area contributed by atoms with Crippen LogP contribution in [0.5, 0.6) is 0 Å². The van der Waals surface area contributed by atoms with E-state index in [0.29, 0.717) is 5.56 Å². The number of carbonyl (C=O) groups excluding carboxylic acids is 2. The molecule has 0 aliphatic heterocycles. The van der Waals surface area contributed by atoms with E-state index in [-0.39, 0.29) is 23.4 Å². The molecule has 0 radical (unpaired) electrons. The predicted molar refractivity (Wildman–Crippen MR) is 114 cm³/mol. The molecule has 8 heteroatoms. The fourth-order valence-electron chi connectivity index (χ4n) is 3.34. The number of likely N-dealkylation sites (N-methyl/N-ethyl adjacent to an activating group) is 1. The second kappa shape index (κ2) is 8.31. The molecule has 0 aliphatic carbocycles. The lowest BCUT2D eigenvalue weighted by Crippen LogP contribution is -2.32. The van der Waals surface area contributed by atoms with Crippen molar-refractivity contribution in [1.29, 1.82) is 0 Å². The van der Waals surface area contributed by atoms with Crippen molar-refractivity contribution >= 4 is 32.6 Å². The Morgan fingerprint density at radius 1 is 1.10 bits per heavy atom. The summed E-state index contributed by atoms with van der Waals surface area (Å²) in [6.07, 6.45) is 2.79. The van der Waals surface area contributed by atoms with Crippen LogP contribution in [0.3, 0.4) is 0 Å². The van der Waals surface area contributed by atoms with E-state index in [9.17, 15) is 18.0 Å². The number of nitrogens with zero attached hydrogens (tertiary/aromatic N) is 2. The zero-order valence-electron chi connectivity index (χ0n) is 17.3. The van der Waals surface area contributed by atoms with Crippen LogP contribution < -0.4 is 0 Å². The quantitative estimate of drug-likeness (QED) is 0.564. The summed E-state index contributed by atoms with van der Waals surface area (Å²) in [5, 5.41) is 0.726. The normalized spacial score (nSPS) is 12.5. The molecule has 7 nitrogen and oxygen atoms in total. The van der Waals surface area contributed by atoms with Crippen molar-refractivity contribution in [2.45, 2.75) is 24.4 Å². The number of sulfone groups is 1. The minimum atomic E-state index is -3.27. The smallest absolute Gasteiger partial charge is 0.340 e. The lowest BCUT2D eigenvalue weighted by Gasteiger charge is -2.26. The first-order valence-corrected chi connectivity index (χ1v) is 11.2. The van der Waals surface area contributed by atoms with E-state index in [0.717, 1.165) is 22.7 Å². The Kier molecular flexibility index (Phi) is 5.98. The molecular formula is C22H24N2O5S. The van der Waals surface area contributed by atoms with Crippen molar-refractivity contribution in [3.8, 4) is 0 Å². The average molecular weight is 429 g/mol. The molecule has 0 aliphatic rings. The number of carbonyl (C=O) groups is 2. The highest BCUT2D eigenvalue weighted by atomic mass is 32.2. The molecule has 0 unspecified atom stereocenters. The molecule has 1 atom stereocenters. The number of methoxy groups -OCH3 is 1. The Hall–Kier alpha value is -3.13. The van der Waals surface area contributed by atoms with Gasteiger partial charge in [0.1, 0.15) is 6.54 Å². The third-order valence-electron chi connectivity index (χ3n) is 5.26. The van der Waals surface area contributed by atoms with Gasteiger partial charge in [-0.3, -0.25) is 4.79 Å². The molecule has 3 aromatic rings. The van der Waals surface area contributed by atoms with Gasteiger partial charge in [0.25, 0.3) is 0 Å². The molecule has 0 fully saturated rings. The number of fused-ring (bicyclic) bond motifs is 1. The van der Waals surface area contributed by atoms with Gasteiger partial charge in [-0.25, -0.2) is 13.2 Å². The minimum absolute atomic E-state index is 0.0553. The predicted octanol–water partition coefficient (Wildman–Crippen LogP) is 3.05. The highest BCUT2D eigenvalue weighted by Crippen LogP contribution is 2.24. The lowest BCUT2D eigenvalue weighted by atomic mass is 10.1. The maximum Gasteiger partial charge on any atom is 0.340 e. The maximum absolute atomic E-state index is 12.9. The van der Waals surface area contributed by atoms with Crippen LogP contribution in [0.1, 0.15) is 28.9 Å². The van der Waals surface area contributed by atoms with Gasteiger partial charge >= 0.3 is 5.97 Å². The number of benzene rings is 2. The van der Waals surface area contributed by atoms with Gasteiger partial charge < -0.3 is 14.2 Å². The zero-order valence-corrected chi connectivity index (χ0v) is 18.1. The molecule has 2 aromatic carbocycles. The van der Waals surface area contributed by atoms with Crippen LogP contribution in [0.25, 0.3) is 10.9 Å². The Morgan fingerprint density at radius 3 is 2.33 bits per heavy atom. The first kappa shape index (κ1) is 21.6. The van der Waals surface area contributed by atoms with Crippen molar-refractivity contribution in [1.82, 2.24) is 9.47 Å². The molecule has 1 amide bonds. The number of amides is 1. The molecule has 0 saturated carbocycles. The van der Waals surface area contributed by atoms with Crippen LogP contribution in [0, 0.1) is 0 Å². The summed E-state index contributed by atoms with van der Waals surface area (Å²) in [6, 6.07) is 13.6. The monoisotopic (exact) mass is 428 g/mol. The topological polar surface area (TPSA) is 85.7 Å². The van der Waals surface area contributed by atoms with E-state index >= 15 is 0 Å². The summed E-state index contributed by atoms with van der Waals surface area (Å²) in [4.78, 5) is 26.9. The fourth-order valence-corrected chi connectivity index (χ4v) is 3.97. The molecule has 1 aromatic heterocycles. The molecular weight excluding hydrogens is 404 g/mol. The van der Waals surface area contributed by atoms with Crippen molar-refractivity contribution < 1.29 is 22.7 Å². The zero-order chi connectivity index (χ0) is 22.1. The minimum Gasteiger partial charge on any atom is -0.465 e. The average Bonchev–Trinajstić information content (AvgIpc) is 3.10. The first-order chi connectivity index (χ1) is 14.1. The summed E-state index contributed by atoms with van der Waals surface area (Å²) in [5.41, 5.74) is 2.00. The number of hydrogen-bond acceptors (Lipinski definition) is 5. The molecule has 0 spiro atoms. The number of aromatic nitrogens is 1. The lowest BCUT2D eigenvalue weighted by molar-refractivity contribution is -0.132. The Balaban J connectivity index is 1.83. The van der Waals surface area contributed by atoms with Gasteiger partial charge in [0, 0.05) is 30.4 Å². The Labute approximate surface area is 175 Å². The molecule has 30 heavy (non-hydrogen) atoms. The number of hydrogen-bond donors (Lipinski definition) is 0. The van der Waals surface area contributed by atoms with Crippen molar-refractivity contribution in [3.63, 3.8) is 0 Å². The fraction of sp³-hybridized carbons (Fsp3) is 0.273. The van der Waals surface area contributed by atoms with Crippen molar-refractivity contribution in [2.24, 2.45) is 0 Å². The third kappa shape index (κ3) is 4.23. The summed E-state index contributed by atoms with van der Waals surface area (Å²) >= 11 is 0. The van der Waals surface area contributed by atoms with Gasteiger partial charge in [-0.05, 0) is 30.7 Å². The van der Waals surface area contributed by atoms with Gasteiger partial charge in [-0.1, -0.05) is 30.3 Å². The van der Waals surface area contributed by atoms with Crippen LogP contribution in [0.2, 0.25) is 0 Å². The molecule has 0 N–H and O–H groups in total. The van der Waals surface area contributed by atoms with E-state index in [4.69, 9.17) is 4.74 Å². The van der Waals surface area contributed by atoms with Crippen molar-refractivity contribution in [2.75, 3.05) is 20.4 Å². The summed E-state index contributed by atoms with van der Waals surface area (Å²) in [6.45, 7) is 1.93. The van der Waals surface area contributed by atoms with Crippen LogP contribution in [0.15, 0.2) is 59.6 Å². The SMILES string of the molecule is COC(=O)c1cn(CC(=O)N(C)[C@@H](C)c2ccc(S(C)(=O)=O)cc2)c2ccccc12. The van der Waals surface area contributed by atoms with E-state index in [2.05, 4.69) is 0 Å². The highest BCUT2D eigenvalue weighted by Gasteiger charge is 2.21. The standard InChI is InChI=1S/C22H24N2O5S/c1-15(16-9-11-17(12-10-16)30(4,27)28)23(2)21(25)14-24-13-19(22(26)29-3)18-7-5-6-8-20(18)24/h5-13,15H,14H2,1-4H3/t15-/m0/s1. The number of ether oxygens (including phenoxy) is 1. The second-order valence-corrected chi connectivity index (χ2v) is 9.22. The van der Waals surface area contributed by atoms with Gasteiger partial charge in [-0.15, -0.1) is 0 Å². The van der Waals surface area contributed by atoms with E-state index < -0.39 is 15.8 Å². The molecule has 1 heterocycles. The number of esters is 1. The van der Waals surface area contributed by atoms with Crippen LogP contribution in [-0.4, -0.2) is 50.2 Å². The Morgan fingerprint density at radius 2 is 1.73 bits per heavy atom. The Bertz CT molecular complexity index is 1200. The van der Waals surface area contributed by atoms with E-state index in [1.807, 2.05) is 31.2 Å². The van der Waals surface area contributed by atoms with Gasteiger partial charge in [0.15, 0.2) is 9.84 Å². The number of para-hydroxylation sites is 1. The third-order valence-corrected chi connectivity index (χ3v) is 6.39. The maximum atomic E-state index is 12.9. The highest BCUT2D eigenvalue weighted by molar-refractivity contribution is 7.90.